The minimum atomic E-state index is -0.154. The largest absolute Gasteiger partial charge is 0.456 e. The normalized spacial score (nSPS) is 37.6. The van der Waals surface area contributed by atoms with E-state index in [9.17, 15) is 4.79 Å². The second-order valence-electron chi connectivity index (χ2n) is 7.20. The number of carbonyl (C=O) groups excluding carboxylic acids is 1. The van der Waals surface area contributed by atoms with E-state index in [1.807, 2.05) is 13.0 Å². The summed E-state index contributed by atoms with van der Waals surface area (Å²) in [6.45, 7) is 6.36. The fourth-order valence-corrected chi connectivity index (χ4v) is 4.85. The summed E-state index contributed by atoms with van der Waals surface area (Å²) in [5.74, 6) is 2.23. The van der Waals surface area contributed by atoms with E-state index in [4.69, 9.17) is 9.47 Å². The number of hydrogen-bond donors (Lipinski definition) is 0. The van der Waals surface area contributed by atoms with Crippen LogP contribution in [0.1, 0.15) is 45.4 Å². The van der Waals surface area contributed by atoms with Crippen molar-refractivity contribution in [1.82, 2.24) is 0 Å². The van der Waals surface area contributed by atoms with E-state index in [0.717, 1.165) is 37.0 Å². The molecule has 4 fully saturated rings. The molecule has 116 valence electrons. The molecule has 0 spiro atoms. The van der Waals surface area contributed by atoms with E-state index in [-0.39, 0.29) is 11.6 Å². The Morgan fingerprint density at radius 1 is 1.14 bits per heavy atom. The monoisotopic (exact) mass is 290 g/mol. The molecule has 4 aliphatic carbocycles. The minimum absolute atomic E-state index is 0.150. The Kier molecular flexibility index (Phi) is 4.21. The molecule has 0 amide bonds. The number of ether oxygens (including phenoxy) is 2. The minimum Gasteiger partial charge on any atom is -0.456 e. The Morgan fingerprint density at radius 3 is 2.24 bits per heavy atom. The molecule has 0 N–H and O–H groups in total. The highest BCUT2D eigenvalue weighted by atomic mass is 16.6. The molecule has 0 aromatic heterocycles. The summed E-state index contributed by atoms with van der Waals surface area (Å²) in [5, 5.41) is 0. The van der Waals surface area contributed by atoms with Gasteiger partial charge in [0.25, 0.3) is 0 Å². The SMILES string of the molecule is C=CCOC/C=C(\C)C(=O)OC12CC3CC(CC(C3)C1)C2. The molecule has 0 radical (unpaired) electrons. The van der Waals surface area contributed by atoms with Gasteiger partial charge in [-0.25, -0.2) is 4.79 Å². The van der Waals surface area contributed by atoms with Crippen LogP contribution in [-0.4, -0.2) is 24.8 Å². The van der Waals surface area contributed by atoms with Gasteiger partial charge in [-0.3, -0.25) is 0 Å². The molecule has 0 atom stereocenters. The summed E-state index contributed by atoms with van der Waals surface area (Å²) in [5.41, 5.74) is 0.512. The van der Waals surface area contributed by atoms with E-state index in [1.54, 1.807) is 6.08 Å². The molecule has 4 bridgehead atoms. The molecule has 0 unspecified atom stereocenters. The van der Waals surface area contributed by atoms with Gasteiger partial charge in [0.05, 0.1) is 13.2 Å². The molecule has 0 aliphatic heterocycles. The molecule has 4 rings (SSSR count). The van der Waals surface area contributed by atoms with Crippen LogP contribution in [0.4, 0.5) is 0 Å². The Morgan fingerprint density at radius 2 is 1.71 bits per heavy atom. The van der Waals surface area contributed by atoms with Crippen LogP contribution < -0.4 is 0 Å². The second kappa shape index (κ2) is 5.96. The van der Waals surface area contributed by atoms with E-state index < -0.39 is 0 Å². The van der Waals surface area contributed by atoms with E-state index in [1.165, 1.54) is 19.3 Å². The Hall–Kier alpha value is -1.09. The predicted octanol–water partition coefficient (Wildman–Crippen LogP) is 3.65. The third-order valence-corrected chi connectivity index (χ3v) is 5.36. The van der Waals surface area contributed by atoms with Gasteiger partial charge in [-0.05, 0) is 69.3 Å². The van der Waals surface area contributed by atoms with Crippen LogP contribution >= 0.6 is 0 Å². The first kappa shape index (κ1) is 14.8. The lowest BCUT2D eigenvalue weighted by Crippen LogP contribution is -2.52. The van der Waals surface area contributed by atoms with Gasteiger partial charge in [0.1, 0.15) is 5.60 Å². The summed E-state index contributed by atoms with van der Waals surface area (Å²) in [6.07, 6.45) is 10.9. The first-order valence-electron chi connectivity index (χ1n) is 8.19. The van der Waals surface area contributed by atoms with Gasteiger partial charge >= 0.3 is 5.97 Å². The van der Waals surface area contributed by atoms with Gasteiger partial charge in [-0.1, -0.05) is 6.08 Å². The van der Waals surface area contributed by atoms with E-state index >= 15 is 0 Å². The van der Waals surface area contributed by atoms with Crippen molar-refractivity contribution in [1.29, 1.82) is 0 Å². The molecule has 0 aromatic rings. The van der Waals surface area contributed by atoms with Gasteiger partial charge in [0.15, 0.2) is 0 Å². The lowest BCUT2D eigenvalue weighted by atomic mass is 9.54. The van der Waals surface area contributed by atoms with Gasteiger partial charge in [0, 0.05) is 5.57 Å². The van der Waals surface area contributed by atoms with Crippen LogP contribution in [-0.2, 0) is 14.3 Å². The quantitative estimate of drug-likeness (QED) is 0.324. The van der Waals surface area contributed by atoms with Crippen molar-refractivity contribution < 1.29 is 14.3 Å². The Labute approximate surface area is 127 Å². The standard InChI is InChI=1S/C18H26O3/c1-3-5-20-6-4-13(2)17(19)21-18-10-14-7-15(11-18)9-16(8-14)12-18/h3-4,14-16H,1,5-12H2,2H3/b13-4+. The fourth-order valence-electron chi connectivity index (χ4n) is 4.85. The zero-order valence-corrected chi connectivity index (χ0v) is 13.0. The van der Waals surface area contributed by atoms with Gasteiger partial charge in [-0.2, -0.15) is 0 Å². The van der Waals surface area contributed by atoms with Crippen LogP contribution in [0.3, 0.4) is 0 Å². The Balaban J connectivity index is 1.58. The van der Waals surface area contributed by atoms with Crippen molar-refractivity contribution in [3.63, 3.8) is 0 Å². The predicted molar refractivity (Wildman–Crippen MR) is 81.8 cm³/mol. The van der Waals surface area contributed by atoms with Gasteiger partial charge < -0.3 is 9.47 Å². The average Bonchev–Trinajstić information content (AvgIpc) is 2.41. The average molecular weight is 290 g/mol. The second-order valence-corrected chi connectivity index (χ2v) is 7.20. The molecule has 3 nitrogen and oxygen atoms in total. The summed E-state index contributed by atoms with van der Waals surface area (Å²) < 4.78 is 11.3. The molecule has 3 heteroatoms. The maximum absolute atomic E-state index is 12.3. The highest BCUT2D eigenvalue weighted by molar-refractivity contribution is 5.88. The highest BCUT2D eigenvalue weighted by Crippen LogP contribution is 2.57. The molecule has 0 heterocycles. The molecule has 21 heavy (non-hydrogen) atoms. The summed E-state index contributed by atoms with van der Waals surface area (Å²) in [7, 11) is 0. The lowest BCUT2D eigenvalue weighted by molar-refractivity contribution is -0.182. The molecule has 0 saturated heterocycles. The van der Waals surface area contributed by atoms with Crippen molar-refractivity contribution in [2.45, 2.75) is 51.0 Å². The smallest absolute Gasteiger partial charge is 0.334 e. The third kappa shape index (κ3) is 3.23. The van der Waals surface area contributed by atoms with Crippen molar-refractivity contribution >= 4 is 5.97 Å². The number of rotatable bonds is 6. The fraction of sp³-hybridized carbons (Fsp3) is 0.722. The first-order chi connectivity index (χ1) is 10.1. The summed E-state index contributed by atoms with van der Waals surface area (Å²) in [6, 6.07) is 0. The third-order valence-electron chi connectivity index (χ3n) is 5.36. The molecule has 4 aliphatic rings. The van der Waals surface area contributed by atoms with Gasteiger partial charge in [-0.15, -0.1) is 6.58 Å². The van der Waals surface area contributed by atoms with E-state index in [2.05, 4.69) is 6.58 Å². The molecule has 4 saturated carbocycles. The van der Waals surface area contributed by atoms with Gasteiger partial charge in [0.2, 0.25) is 0 Å². The number of esters is 1. The Bertz CT molecular complexity index is 414. The maximum atomic E-state index is 12.3. The van der Waals surface area contributed by atoms with Crippen LogP contribution in [0.2, 0.25) is 0 Å². The number of carbonyl (C=O) groups is 1. The highest BCUT2D eigenvalue weighted by Gasteiger charge is 2.53. The first-order valence-corrected chi connectivity index (χ1v) is 8.19. The zero-order chi connectivity index (χ0) is 14.9. The maximum Gasteiger partial charge on any atom is 0.334 e. The van der Waals surface area contributed by atoms with Crippen molar-refractivity contribution in [2.24, 2.45) is 17.8 Å². The van der Waals surface area contributed by atoms with Crippen LogP contribution in [0.25, 0.3) is 0 Å². The van der Waals surface area contributed by atoms with E-state index in [0.29, 0.717) is 18.8 Å². The number of hydrogen-bond acceptors (Lipinski definition) is 3. The van der Waals surface area contributed by atoms with Crippen molar-refractivity contribution in [3.05, 3.63) is 24.3 Å². The van der Waals surface area contributed by atoms with Crippen molar-refractivity contribution in [3.8, 4) is 0 Å². The topological polar surface area (TPSA) is 35.5 Å². The molecular formula is C18H26O3. The van der Waals surface area contributed by atoms with Crippen LogP contribution in [0, 0.1) is 17.8 Å². The molecule has 0 aromatic carbocycles. The summed E-state index contributed by atoms with van der Waals surface area (Å²) >= 11 is 0. The van der Waals surface area contributed by atoms with Crippen LogP contribution in [0.5, 0.6) is 0 Å². The zero-order valence-electron chi connectivity index (χ0n) is 13.0. The summed E-state index contributed by atoms with van der Waals surface area (Å²) in [4.78, 5) is 12.3. The molecular weight excluding hydrogens is 264 g/mol. The van der Waals surface area contributed by atoms with Crippen molar-refractivity contribution in [2.75, 3.05) is 13.2 Å². The lowest BCUT2D eigenvalue weighted by Gasteiger charge is -2.55. The van der Waals surface area contributed by atoms with Crippen LogP contribution in [0.15, 0.2) is 24.3 Å².